The van der Waals surface area contributed by atoms with Crippen molar-refractivity contribution in [1.29, 1.82) is 0 Å². The first-order valence-electron chi connectivity index (χ1n) is 19.1. The predicted octanol–water partition coefficient (Wildman–Crippen LogP) is 6.86. The molecule has 6 unspecified atom stereocenters. The molecular weight excluding hydrogens is 604 g/mol. The number of esters is 1. The normalized spacial score (nSPS) is 40.5. The lowest BCUT2D eigenvalue weighted by Gasteiger charge is -2.68. The monoisotopic (exact) mass is 666 g/mol. The van der Waals surface area contributed by atoms with Crippen molar-refractivity contribution in [2.75, 3.05) is 13.1 Å². The summed E-state index contributed by atoms with van der Waals surface area (Å²) >= 11 is 0. The summed E-state index contributed by atoms with van der Waals surface area (Å²) in [5, 5.41) is 16.4. The Hall–Kier alpha value is -2.22. The fourth-order valence-electron chi connectivity index (χ4n) is 12.7. The van der Waals surface area contributed by atoms with E-state index >= 15 is 0 Å². The van der Waals surface area contributed by atoms with Gasteiger partial charge in [-0.05, 0) is 136 Å². The Morgan fingerprint density at radius 1 is 0.958 bits per heavy atom. The van der Waals surface area contributed by atoms with E-state index < -0.39 is 22.8 Å². The number of ketones is 1. The standard InChI is InChI=1S/C40H62N2O6/c1-23(2)32-27(43)20-40(34(45)42-22-24-10-9-19-41-24)18-13-26-25(33(32)40)11-12-29-38(26,7)16-14-28-37(5,6)30(15-17-39(28,29)8)48-31(44)21-36(3,4)35(46)47/h23-26,28-30,41H,9-22H2,1-8H3,(H,42,45)(H,46,47)/t24?,25?,26?,28?,29?,30-,38-,39-,40?/m0/s1. The lowest BCUT2D eigenvalue weighted by Crippen LogP contribution is -2.63. The average Bonchev–Trinajstić information content (AvgIpc) is 3.62. The molecule has 0 radical (unpaired) electrons. The molecule has 1 heterocycles. The highest BCUT2D eigenvalue weighted by Crippen LogP contribution is 2.73. The van der Waals surface area contributed by atoms with E-state index in [1.54, 1.807) is 13.8 Å². The Kier molecular flexibility index (Phi) is 9.07. The van der Waals surface area contributed by atoms with E-state index in [-0.39, 0.29) is 52.3 Å². The Bertz CT molecular complexity index is 1380. The van der Waals surface area contributed by atoms with E-state index in [0.29, 0.717) is 36.8 Å². The highest BCUT2D eigenvalue weighted by Gasteiger charge is 2.67. The Morgan fingerprint density at radius 2 is 1.67 bits per heavy atom. The molecule has 6 rings (SSSR count). The molecule has 8 heteroatoms. The second kappa shape index (κ2) is 12.2. The van der Waals surface area contributed by atoms with Crippen molar-refractivity contribution in [1.82, 2.24) is 10.6 Å². The minimum atomic E-state index is -1.16. The SMILES string of the molecule is CC(C)C1=C2C3CCC4[C@@](C)(CCC5C(C)(C)[C@@H](OC(=O)CC(C)(C)C(=O)O)CC[C@@]54C)C3CCC2(C(=O)NCC2CCCN2)CC1=O. The van der Waals surface area contributed by atoms with Gasteiger partial charge in [-0.25, -0.2) is 0 Å². The van der Waals surface area contributed by atoms with Crippen molar-refractivity contribution in [3.05, 3.63) is 11.1 Å². The highest BCUT2D eigenvalue weighted by molar-refractivity contribution is 6.06. The van der Waals surface area contributed by atoms with Crippen LogP contribution in [0.3, 0.4) is 0 Å². The van der Waals surface area contributed by atoms with Gasteiger partial charge < -0.3 is 20.5 Å². The minimum absolute atomic E-state index is 0.0814. The maximum Gasteiger partial charge on any atom is 0.309 e. The van der Waals surface area contributed by atoms with Crippen molar-refractivity contribution >= 4 is 23.6 Å². The molecule has 0 spiro atoms. The number of hydrogen-bond donors (Lipinski definition) is 3. The van der Waals surface area contributed by atoms with Gasteiger partial charge in [0, 0.05) is 24.4 Å². The number of rotatable bonds is 8. The van der Waals surface area contributed by atoms with E-state index in [2.05, 4.69) is 52.2 Å². The molecule has 1 saturated heterocycles. The van der Waals surface area contributed by atoms with Crippen LogP contribution in [0, 0.1) is 56.7 Å². The van der Waals surface area contributed by atoms with E-state index in [1.807, 2.05) is 0 Å². The molecule has 0 bridgehead atoms. The second-order valence-corrected chi connectivity index (χ2v) is 18.9. The van der Waals surface area contributed by atoms with Crippen LogP contribution in [0.4, 0.5) is 0 Å². The van der Waals surface area contributed by atoms with Crippen molar-refractivity contribution in [2.24, 2.45) is 56.7 Å². The van der Waals surface area contributed by atoms with Gasteiger partial charge in [0.15, 0.2) is 5.78 Å². The zero-order chi connectivity index (χ0) is 35.0. The van der Waals surface area contributed by atoms with Gasteiger partial charge in [-0.3, -0.25) is 19.2 Å². The fraction of sp³-hybridized carbons (Fsp3) is 0.850. The Morgan fingerprint density at radius 3 is 2.31 bits per heavy atom. The van der Waals surface area contributed by atoms with Gasteiger partial charge in [-0.1, -0.05) is 41.5 Å². The molecule has 268 valence electrons. The van der Waals surface area contributed by atoms with E-state index in [0.717, 1.165) is 76.3 Å². The van der Waals surface area contributed by atoms with E-state index in [1.165, 1.54) is 5.57 Å². The molecular formula is C40H62N2O6. The smallest absolute Gasteiger partial charge is 0.309 e. The van der Waals surface area contributed by atoms with Crippen LogP contribution in [-0.2, 0) is 23.9 Å². The highest BCUT2D eigenvalue weighted by atomic mass is 16.5. The number of hydrogen-bond acceptors (Lipinski definition) is 6. The third kappa shape index (κ3) is 5.49. The maximum atomic E-state index is 14.2. The second-order valence-electron chi connectivity index (χ2n) is 18.9. The molecule has 6 aliphatic rings. The molecule has 5 aliphatic carbocycles. The predicted molar refractivity (Wildman–Crippen MR) is 185 cm³/mol. The number of carbonyl (C=O) groups excluding carboxylic acids is 3. The largest absolute Gasteiger partial charge is 0.481 e. The number of allylic oxidation sites excluding steroid dienone is 1. The zero-order valence-corrected chi connectivity index (χ0v) is 30.9. The third-order valence-electron chi connectivity index (χ3n) is 15.1. The third-order valence-corrected chi connectivity index (χ3v) is 15.1. The van der Waals surface area contributed by atoms with Crippen molar-refractivity contribution < 1.29 is 29.0 Å². The average molecular weight is 667 g/mol. The van der Waals surface area contributed by atoms with E-state index in [9.17, 15) is 24.3 Å². The summed E-state index contributed by atoms with van der Waals surface area (Å²) in [5.74, 6) is 0.585. The van der Waals surface area contributed by atoms with Gasteiger partial charge in [0.05, 0.1) is 17.3 Å². The van der Waals surface area contributed by atoms with Crippen LogP contribution in [0.25, 0.3) is 0 Å². The van der Waals surface area contributed by atoms with Crippen LogP contribution in [0.1, 0.15) is 132 Å². The summed E-state index contributed by atoms with van der Waals surface area (Å²) in [5.41, 5.74) is 0.281. The lowest BCUT2D eigenvalue weighted by molar-refractivity contribution is -0.213. The molecule has 48 heavy (non-hydrogen) atoms. The molecule has 8 nitrogen and oxygen atoms in total. The number of carbonyl (C=O) groups is 4. The number of aliphatic carboxylic acids is 1. The van der Waals surface area contributed by atoms with Crippen LogP contribution in [0.5, 0.6) is 0 Å². The van der Waals surface area contributed by atoms with Gasteiger partial charge >= 0.3 is 11.9 Å². The summed E-state index contributed by atoms with van der Waals surface area (Å²) in [7, 11) is 0. The number of fused-ring (bicyclic) bond motifs is 7. The molecule has 1 aliphatic heterocycles. The quantitative estimate of drug-likeness (QED) is 0.242. The molecule has 5 fully saturated rings. The number of ether oxygens (including phenoxy) is 1. The first kappa shape index (κ1) is 35.6. The van der Waals surface area contributed by atoms with Crippen LogP contribution in [0.2, 0.25) is 0 Å². The summed E-state index contributed by atoms with van der Waals surface area (Å²) in [6.45, 7) is 18.6. The summed E-state index contributed by atoms with van der Waals surface area (Å²) in [6, 6.07) is 0.320. The number of carboxylic acid groups (broad SMARTS) is 1. The number of nitrogens with one attached hydrogen (secondary N) is 2. The van der Waals surface area contributed by atoms with Crippen molar-refractivity contribution in [3.63, 3.8) is 0 Å². The molecule has 0 aromatic heterocycles. The van der Waals surface area contributed by atoms with Gasteiger partial charge in [0.25, 0.3) is 0 Å². The first-order chi connectivity index (χ1) is 22.4. The van der Waals surface area contributed by atoms with Gasteiger partial charge in [-0.2, -0.15) is 0 Å². The zero-order valence-electron chi connectivity index (χ0n) is 30.9. The number of amides is 1. The minimum Gasteiger partial charge on any atom is -0.481 e. The Labute approximate surface area is 288 Å². The van der Waals surface area contributed by atoms with Crippen LogP contribution in [-0.4, -0.2) is 54.0 Å². The lowest BCUT2D eigenvalue weighted by atomic mass is 9.36. The van der Waals surface area contributed by atoms with Gasteiger partial charge in [0.2, 0.25) is 5.91 Å². The first-order valence-corrected chi connectivity index (χ1v) is 19.1. The maximum absolute atomic E-state index is 14.2. The fourth-order valence-corrected chi connectivity index (χ4v) is 12.7. The van der Waals surface area contributed by atoms with Crippen LogP contribution >= 0.6 is 0 Å². The summed E-state index contributed by atoms with van der Waals surface area (Å²) in [6.07, 6.45) is 9.98. The molecule has 3 N–H and O–H groups in total. The molecule has 4 saturated carbocycles. The Balaban J connectivity index is 1.25. The number of Topliss-reactive ketones (excluding diaryl/α,β-unsaturated/α-hetero) is 1. The summed E-state index contributed by atoms with van der Waals surface area (Å²) < 4.78 is 6.13. The van der Waals surface area contributed by atoms with Crippen molar-refractivity contribution in [3.8, 4) is 0 Å². The molecule has 9 atom stereocenters. The molecule has 0 aromatic rings. The summed E-state index contributed by atoms with van der Waals surface area (Å²) in [4.78, 5) is 52.7. The van der Waals surface area contributed by atoms with Crippen LogP contribution in [0.15, 0.2) is 11.1 Å². The number of carboxylic acids is 1. The topological polar surface area (TPSA) is 122 Å². The van der Waals surface area contributed by atoms with E-state index in [4.69, 9.17) is 4.74 Å². The van der Waals surface area contributed by atoms with Gasteiger partial charge in [0.1, 0.15) is 6.10 Å². The molecule has 0 aromatic carbocycles. The molecule has 1 amide bonds. The van der Waals surface area contributed by atoms with Crippen molar-refractivity contribution in [2.45, 2.75) is 145 Å². The van der Waals surface area contributed by atoms with Gasteiger partial charge in [-0.15, -0.1) is 0 Å². The van der Waals surface area contributed by atoms with Crippen LogP contribution < -0.4 is 10.6 Å².